The van der Waals surface area contributed by atoms with Gasteiger partial charge >= 0.3 is 0 Å². The summed E-state index contributed by atoms with van der Waals surface area (Å²) in [6, 6.07) is 1.50. The smallest absolute Gasteiger partial charge is 0.244 e. The normalized spacial score (nSPS) is 21.2. The number of aromatic nitrogens is 1. The maximum absolute atomic E-state index is 12.4. The van der Waals surface area contributed by atoms with E-state index in [4.69, 9.17) is 5.73 Å². The van der Waals surface area contributed by atoms with Crippen LogP contribution < -0.4 is 5.73 Å². The zero-order chi connectivity index (χ0) is 14.0. The predicted molar refractivity (Wildman–Crippen MR) is 72.6 cm³/mol. The van der Waals surface area contributed by atoms with E-state index in [1.54, 1.807) is 0 Å². The molecule has 2 heterocycles. The van der Waals surface area contributed by atoms with Gasteiger partial charge in [0.2, 0.25) is 15.9 Å². The molecule has 1 atom stereocenters. The molecule has 0 aromatic carbocycles. The molecule has 1 aromatic heterocycles. The van der Waals surface area contributed by atoms with Gasteiger partial charge in [-0.2, -0.15) is 4.31 Å². The fraction of sp³-hybridized carbons (Fsp3) is 0.455. The SMILES string of the molecule is NC(=O)C1CCCN(S(=O)(=O)c2cncc(Br)c2)C1. The minimum absolute atomic E-state index is 0.118. The molecule has 2 N–H and O–H groups in total. The third-order valence-electron chi connectivity index (χ3n) is 3.10. The third kappa shape index (κ3) is 3.13. The summed E-state index contributed by atoms with van der Waals surface area (Å²) in [5.74, 6) is -0.865. The Bertz CT molecular complexity index is 591. The Hall–Kier alpha value is -0.990. The Labute approximate surface area is 120 Å². The molecule has 8 heteroatoms. The number of piperidine rings is 1. The lowest BCUT2D eigenvalue weighted by Crippen LogP contribution is -2.44. The molecule has 1 aliphatic rings. The summed E-state index contributed by atoms with van der Waals surface area (Å²) < 4.78 is 26.7. The number of rotatable bonds is 3. The number of pyridine rings is 1. The summed E-state index contributed by atoms with van der Waals surface area (Å²) in [7, 11) is -3.62. The number of hydrogen-bond acceptors (Lipinski definition) is 4. The second-order valence-corrected chi connectivity index (χ2v) is 7.30. The van der Waals surface area contributed by atoms with Crippen molar-refractivity contribution < 1.29 is 13.2 Å². The van der Waals surface area contributed by atoms with E-state index in [2.05, 4.69) is 20.9 Å². The molecule has 19 heavy (non-hydrogen) atoms. The maximum atomic E-state index is 12.4. The predicted octanol–water partition coefficient (Wildman–Crippen LogP) is 0.730. The van der Waals surface area contributed by atoms with Gasteiger partial charge in [-0.15, -0.1) is 0 Å². The van der Waals surface area contributed by atoms with E-state index in [0.717, 1.165) is 0 Å². The molecule has 1 fully saturated rings. The number of nitrogens with two attached hydrogens (primary N) is 1. The fourth-order valence-electron chi connectivity index (χ4n) is 2.08. The summed E-state index contributed by atoms with van der Waals surface area (Å²) in [6.07, 6.45) is 4.09. The van der Waals surface area contributed by atoms with Crippen molar-refractivity contribution in [1.82, 2.24) is 9.29 Å². The van der Waals surface area contributed by atoms with Crippen molar-refractivity contribution in [3.8, 4) is 0 Å². The molecule has 0 spiro atoms. The van der Waals surface area contributed by atoms with Gasteiger partial charge in [0, 0.05) is 30.0 Å². The molecular weight excluding hydrogens is 334 g/mol. The number of sulfonamides is 1. The van der Waals surface area contributed by atoms with Crippen molar-refractivity contribution in [2.45, 2.75) is 17.7 Å². The molecule has 0 saturated carbocycles. The molecule has 1 aromatic rings. The zero-order valence-corrected chi connectivity index (χ0v) is 12.5. The number of nitrogens with zero attached hydrogens (tertiary/aromatic N) is 2. The van der Waals surface area contributed by atoms with Crippen molar-refractivity contribution in [2.24, 2.45) is 11.7 Å². The fourth-order valence-corrected chi connectivity index (χ4v) is 4.11. The first-order valence-electron chi connectivity index (χ1n) is 5.81. The van der Waals surface area contributed by atoms with E-state index >= 15 is 0 Å². The molecule has 1 aliphatic heterocycles. The van der Waals surface area contributed by atoms with Gasteiger partial charge in [-0.3, -0.25) is 9.78 Å². The van der Waals surface area contributed by atoms with Gasteiger partial charge in [0.15, 0.2) is 0 Å². The largest absolute Gasteiger partial charge is 0.369 e. The Morgan fingerprint density at radius 3 is 2.84 bits per heavy atom. The summed E-state index contributed by atoms with van der Waals surface area (Å²) in [4.78, 5) is 15.2. The molecule has 2 rings (SSSR count). The van der Waals surface area contributed by atoms with Crippen molar-refractivity contribution >= 4 is 31.9 Å². The van der Waals surface area contributed by atoms with Gasteiger partial charge in [-0.25, -0.2) is 8.42 Å². The van der Waals surface area contributed by atoms with Gasteiger partial charge in [0.25, 0.3) is 0 Å². The van der Waals surface area contributed by atoms with Crippen LogP contribution in [0.15, 0.2) is 27.8 Å². The van der Waals surface area contributed by atoms with Gasteiger partial charge in [0.1, 0.15) is 4.90 Å². The lowest BCUT2D eigenvalue weighted by atomic mass is 9.99. The Balaban J connectivity index is 2.27. The molecule has 104 valence electrons. The highest BCUT2D eigenvalue weighted by molar-refractivity contribution is 9.10. The highest BCUT2D eigenvalue weighted by Gasteiger charge is 2.32. The first-order chi connectivity index (χ1) is 8.91. The van der Waals surface area contributed by atoms with Crippen molar-refractivity contribution in [3.05, 3.63) is 22.9 Å². The highest BCUT2D eigenvalue weighted by atomic mass is 79.9. The van der Waals surface area contributed by atoms with E-state index < -0.39 is 21.8 Å². The summed E-state index contributed by atoms with van der Waals surface area (Å²) >= 11 is 3.19. The molecule has 1 saturated heterocycles. The first kappa shape index (κ1) is 14.4. The van der Waals surface area contributed by atoms with E-state index in [1.165, 1.54) is 22.8 Å². The zero-order valence-electron chi connectivity index (χ0n) is 10.1. The van der Waals surface area contributed by atoms with E-state index in [-0.39, 0.29) is 11.4 Å². The molecule has 1 amide bonds. The number of primary amides is 1. The van der Waals surface area contributed by atoms with Gasteiger partial charge in [-0.05, 0) is 34.8 Å². The highest BCUT2D eigenvalue weighted by Crippen LogP contribution is 2.24. The van der Waals surface area contributed by atoms with E-state index in [9.17, 15) is 13.2 Å². The Morgan fingerprint density at radius 2 is 2.21 bits per heavy atom. The summed E-state index contributed by atoms with van der Waals surface area (Å²) in [5, 5.41) is 0. The van der Waals surface area contributed by atoms with E-state index in [0.29, 0.717) is 23.9 Å². The van der Waals surface area contributed by atoms with Crippen molar-refractivity contribution in [1.29, 1.82) is 0 Å². The first-order valence-corrected chi connectivity index (χ1v) is 8.04. The summed E-state index contributed by atoms with van der Waals surface area (Å²) in [6.45, 7) is 0.544. The minimum atomic E-state index is -3.62. The molecule has 0 aliphatic carbocycles. The average Bonchev–Trinajstić information content (AvgIpc) is 2.39. The molecule has 0 radical (unpaired) electrons. The van der Waals surface area contributed by atoms with Gasteiger partial charge < -0.3 is 5.73 Å². The molecular formula is C11H14BrN3O3S. The van der Waals surface area contributed by atoms with Gasteiger partial charge in [0.05, 0.1) is 5.92 Å². The van der Waals surface area contributed by atoms with Gasteiger partial charge in [-0.1, -0.05) is 0 Å². The van der Waals surface area contributed by atoms with Crippen molar-refractivity contribution in [3.63, 3.8) is 0 Å². The number of amides is 1. The lowest BCUT2D eigenvalue weighted by Gasteiger charge is -2.30. The standard InChI is InChI=1S/C11H14BrN3O3S/c12-9-4-10(6-14-5-9)19(17,18)15-3-1-2-8(7-15)11(13)16/h4-6,8H,1-3,7H2,(H2,13,16). The van der Waals surface area contributed by atoms with Crippen LogP contribution >= 0.6 is 15.9 Å². The number of halogens is 1. The van der Waals surface area contributed by atoms with Crippen LogP contribution in [0.3, 0.4) is 0 Å². The van der Waals surface area contributed by atoms with Crippen LogP contribution in [0.1, 0.15) is 12.8 Å². The number of carbonyl (C=O) groups excluding carboxylic acids is 1. The van der Waals surface area contributed by atoms with Crippen LogP contribution in [0.5, 0.6) is 0 Å². The third-order valence-corrected chi connectivity index (χ3v) is 5.37. The topological polar surface area (TPSA) is 93.4 Å². The second kappa shape index (κ2) is 5.56. The van der Waals surface area contributed by atoms with Crippen LogP contribution in [-0.2, 0) is 14.8 Å². The maximum Gasteiger partial charge on any atom is 0.244 e. The average molecular weight is 348 g/mol. The van der Waals surface area contributed by atoms with Crippen LogP contribution in [0.4, 0.5) is 0 Å². The van der Waals surface area contributed by atoms with Crippen LogP contribution in [0, 0.1) is 5.92 Å². The van der Waals surface area contributed by atoms with Crippen LogP contribution in [-0.4, -0.2) is 36.7 Å². The molecule has 0 bridgehead atoms. The molecule has 6 nitrogen and oxygen atoms in total. The lowest BCUT2D eigenvalue weighted by molar-refractivity contribution is -0.122. The quantitative estimate of drug-likeness (QED) is 0.871. The van der Waals surface area contributed by atoms with E-state index in [1.807, 2.05) is 0 Å². The van der Waals surface area contributed by atoms with Crippen LogP contribution in [0.25, 0.3) is 0 Å². The number of hydrogen-bond donors (Lipinski definition) is 1. The minimum Gasteiger partial charge on any atom is -0.369 e. The number of carbonyl (C=O) groups is 1. The second-order valence-electron chi connectivity index (χ2n) is 4.44. The van der Waals surface area contributed by atoms with Crippen LogP contribution in [0.2, 0.25) is 0 Å². The Kier molecular flexibility index (Phi) is 4.22. The Morgan fingerprint density at radius 1 is 1.47 bits per heavy atom. The van der Waals surface area contributed by atoms with Crippen molar-refractivity contribution in [2.75, 3.05) is 13.1 Å². The molecule has 1 unspecified atom stereocenters. The summed E-state index contributed by atoms with van der Waals surface area (Å²) in [5.41, 5.74) is 5.26. The monoisotopic (exact) mass is 347 g/mol.